The van der Waals surface area contributed by atoms with Gasteiger partial charge < -0.3 is 13.9 Å². The Morgan fingerprint density at radius 1 is 0.573 bits per heavy atom. The van der Waals surface area contributed by atoms with Gasteiger partial charge in [0.15, 0.2) is 0 Å². The van der Waals surface area contributed by atoms with E-state index in [9.17, 15) is 2.74 Å². The molecule has 75 heavy (non-hydrogen) atoms. The molecule has 5 nitrogen and oxygen atoms in total. The maximum Gasteiger partial charge on any atom is 0.268 e. The molecule has 0 radical (unpaired) electrons. The standard InChI is InChI=1S/C69H62N4O.Pt/c1-67(2,3)53-31-46(30-45-28-29-58-57-24-16-17-25-61(57)73(64(58)33-45)65-37-51-42-74-43-52(51)41-70-65)32-56(38-53)71-44-72(63-27-19-18-26-62(63)71)66-59(48-22-14-11-15-23-48)39-55(69(7,8)9)40-60(66)50-34-49(47-20-12-10-13-21-47)35-54(36-50)68(4,5)6;/h10-29,31,34-41H,30,42-43H2,1-9H3;/q-2;/i10D,11D,12D,13D,14D,15D,20D,21D,22D,23D;. The van der Waals surface area contributed by atoms with Crippen molar-refractivity contribution in [3.8, 4) is 50.6 Å². The van der Waals surface area contributed by atoms with E-state index in [1.54, 1.807) is 0 Å². The van der Waals surface area contributed by atoms with Crippen LogP contribution in [0.5, 0.6) is 0 Å². The third kappa shape index (κ3) is 9.40. The van der Waals surface area contributed by atoms with Gasteiger partial charge in [-0.2, -0.15) is 53.1 Å². The summed E-state index contributed by atoms with van der Waals surface area (Å²) >= 11 is 0. The first-order valence-electron chi connectivity index (χ1n) is 30.2. The molecular weight excluding hydrogens is 1100 g/mol. The number of ether oxygens (including phenoxy) is 1. The second kappa shape index (κ2) is 19.2. The quantitative estimate of drug-likeness (QED) is 0.112. The van der Waals surface area contributed by atoms with Crippen molar-refractivity contribution in [2.75, 3.05) is 0 Å². The van der Waals surface area contributed by atoms with E-state index in [1.807, 2.05) is 90.7 Å². The molecule has 0 aliphatic carbocycles. The van der Waals surface area contributed by atoms with Crippen LogP contribution in [0, 0.1) is 18.5 Å². The van der Waals surface area contributed by atoms with Crippen LogP contribution in [-0.2, 0) is 61.7 Å². The molecule has 1 aliphatic rings. The fourth-order valence-corrected chi connectivity index (χ4v) is 10.2. The molecule has 0 bridgehead atoms. The van der Waals surface area contributed by atoms with Crippen LogP contribution in [-0.4, -0.2) is 14.1 Å². The SMILES string of the molecule is [2H]c1c([2H])c([2H])c(-c2cc(-c3cc(C(C)(C)C)cc(-c4c([2H])c([2H])c([2H])c([2H])c4[2H])c3-[n+]3[c-]n(-c4[c-]c(Cc5[c-]c6c(cc5)c5ccccc5n6-c5cc6c(cn5)COC6)cc(C(C)(C)C)c4)c4ccccc43)cc(C(C)(C)C)c2)c([2H])c1[2H].[Pt]. The van der Waals surface area contributed by atoms with Gasteiger partial charge >= 0.3 is 0 Å². The van der Waals surface area contributed by atoms with Gasteiger partial charge in [-0.05, 0) is 102 Å². The molecule has 6 heteroatoms. The van der Waals surface area contributed by atoms with E-state index in [1.165, 1.54) is 0 Å². The molecule has 11 aromatic rings. The third-order valence-corrected chi connectivity index (χ3v) is 14.3. The molecule has 0 atom stereocenters. The summed E-state index contributed by atoms with van der Waals surface area (Å²) in [5.41, 5.74) is 11.8. The first-order valence-corrected chi connectivity index (χ1v) is 25.2. The molecule has 0 fully saturated rings. The van der Waals surface area contributed by atoms with E-state index in [0.717, 1.165) is 72.1 Å². The fourth-order valence-electron chi connectivity index (χ4n) is 10.2. The molecule has 0 spiro atoms. The van der Waals surface area contributed by atoms with Crippen molar-refractivity contribution in [1.82, 2.24) is 14.1 Å². The van der Waals surface area contributed by atoms with Crippen molar-refractivity contribution < 1.29 is 44.1 Å². The van der Waals surface area contributed by atoms with Crippen molar-refractivity contribution in [3.05, 3.63) is 233 Å². The van der Waals surface area contributed by atoms with Crippen molar-refractivity contribution in [2.45, 2.75) is 98.2 Å². The van der Waals surface area contributed by atoms with Crippen LogP contribution in [0.3, 0.4) is 0 Å². The summed E-state index contributed by atoms with van der Waals surface area (Å²) in [5, 5.41) is 2.16. The van der Waals surface area contributed by atoms with E-state index < -0.39 is 47.1 Å². The Labute approximate surface area is 470 Å². The second-order valence-corrected chi connectivity index (χ2v) is 22.6. The van der Waals surface area contributed by atoms with Crippen molar-refractivity contribution in [1.29, 1.82) is 0 Å². The zero-order valence-corrected chi connectivity index (χ0v) is 45.9. The molecule has 0 amide bonds. The Bertz CT molecular complexity index is 4520. The van der Waals surface area contributed by atoms with E-state index in [4.69, 9.17) is 20.7 Å². The van der Waals surface area contributed by atoms with Gasteiger partial charge in [0.2, 0.25) is 0 Å². The minimum absolute atomic E-state index is 0. The summed E-state index contributed by atoms with van der Waals surface area (Å²) < 4.78 is 102. The van der Waals surface area contributed by atoms with Gasteiger partial charge in [-0.1, -0.05) is 195 Å². The Hall–Kier alpha value is -7.17. The number of imidazole rings is 1. The number of hydrogen-bond acceptors (Lipinski definition) is 2. The second-order valence-electron chi connectivity index (χ2n) is 22.6. The summed E-state index contributed by atoms with van der Waals surface area (Å²) in [7, 11) is 0. The predicted molar refractivity (Wildman–Crippen MR) is 304 cm³/mol. The van der Waals surface area contributed by atoms with Crippen molar-refractivity contribution in [2.24, 2.45) is 0 Å². The average Bonchev–Trinajstić information content (AvgIpc) is 2.19. The summed E-state index contributed by atoms with van der Waals surface area (Å²) in [6.45, 7) is 19.9. The number of hydrogen-bond donors (Lipinski definition) is 0. The minimum Gasteiger partial charge on any atom is -0.372 e. The van der Waals surface area contributed by atoms with Crippen LogP contribution in [0.4, 0.5) is 0 Å². The van der Waals surface area contributed by atoms with Crippen LogP contribution >= 0.6 is 0 Å². The van der Waals surface area contributed by atoms with Crippen LogP contribution < -0.4 is 4.57 Å². The summed E-state index contributed by atoms with van der Waals surface area (Å²) in [6, 6.07) is 40.0. The zero-order valence-electron chi connectivity index (χ0n) is 53.6. The van der Waals surface area contributed by atoms with Gasteiger partial charge in [0, 0.05) is 38.3 Å². The molecule has 0 unspecified atom stereocenters. The van der Waals surface area contributed by atoms with Crippen LogP contribution in [0.15, 0.2) is 176 Å². The van der Waals surface area contributed by atoms with Crippen molar-refractivity contribution in [3.63, 3.8) is 0 Å². The summed E-state index contributed by atoms with van der Waals surface area (Å²) in [4.78, 5) is 4.94. The van der Waals surface area contributed by atoms with E-state index in [2.05, 4.69) is 119 Å². The van der Waals surface area contributed by atoms with Gasteiger partial charge in [0.1, 0.15) is 5.82 Å². The third-order valence-electron chi connectivity index (χ3n) is 14.3. The number of nitrogens with zero attached hydrogens (tertiary/aromatic N) is 4. The Kier molecular flexibility index (Phi) is 10.1. The van der Waals surface area contributed by atoms with Crippen LogP contribution in [0.2, 0.25) is 0 Å². The molecule has 0 N–H and O–H groups in total. The molecule has 12 rings (SSSR count). The first-order chi connectivity index (χ1) is 39.7. The predicted octanol–water partition coefficient (Wildman–Crippen LogP) is 16.3. The number of fused-ring (bicyclic) bond motifs is 5. The number of aromatic nitrogens is 4. The molecule has 0 saturated heterocycles. The molecule has 3 aromatic heterocycles. The molecule has 8 aromatic carbocycles. The van der Waals surface area contributed by atoms with Crippen molar-refractivity contribution >= 4 is 32.8 Å². The van der Waals surface area contributed by atoms with Gasteiger partial charge in [0.25, 0.3) is 6.33 Å². The maximum absolute atomic E-state index is 9.55. The minimum atomic E-state index is -0.555. The van der Waals surface area contributed by atoms with E-state index in [-0.39, 0.29) is 61.8 Å². The molecular formula is C69H62N4OPt-2. The normalized spacial score (nSPS) is 14.8. The average molecular weight is 1170 g/mol. The van der Waals surface area contributed by atoms with Gasteiger partial charge in [-0.25, -0.2) is 4.98 Å². The smallest absolute Gasteiger partial charge is 0.268 e. The van der Waals surface area contributed by atoms with Gasteiger partial charge in [-0.3, -0.25) is 4.57 Å². The molecule has 4 heterocycles. The van der Waals surface area contributed by atoms with Crippen LogP contribution in [0.1, 0.15) is 115 Å². The zero-order chi connectivity index (χ0) is 59.8. The molecule has 1 aliphatic heterocycles. The van der Waals surface area contributed by atoms with E-state index >= 15 is 0 Å². The Morgan fingerprint density at radius 2 is 1.19 bits per heavy atom. The fraction of sp³-hybridized carbons (Fsp3) is 0.217. The van der Waals surface area contributed by atoms with Gasteiger partial charge in [0.05, 0.1) is 43.6 Å². The summed E-state index contributed by atoms with van der Waals surface area (Å²) in [5.74, 6) is 0.799. The first kappa shape index (κ1) is 39.3. The number of para-hydroxylation sites is 3. The van der Waals surface area contributed by atoms with E-state index in [0.29, 0.717) is 58.8 Å². The molecule has 376 valence electrons. The summed E-state index contributed by atoms with van der Waals surface area (Å²) in [6.07, 6.45) is 6.15. The number of pyridine rings is 1. The number of benzene rings is 8. The molecule has 0 saturated carbocycles. The Morgan fingerprint density at radius 3 is 1.91 bits per heavy atom. The largest absolute Gasteiger partial charge is 0.372 e. The van der Waals surface area contributed by atoms with Gasteiger partial charge in [-0.15, -0.1) is 5.39 Å². The van der Waals surface area contributed by atoms with Crippen LogP contribution in [0.25, 0.3) is 83.4 Å². The topological polar surface area (TPSA) is 35.9 Å². The monoisotopic (exact) mass is 1170 g/mol. The maximum atomic E-state index is 9.55. The Balaban J connectivity index is 0.00000752. The number of rotatable bonds is 8.